The van der Waals surface area contributed by atoms with Gasteiger partial charge in [0.15, 0.2) is 0 Å². The molecule has 0 aromatic heterocycles. The molecule has 0 fully saturated rings. The molecular formula is C14H22N2O3. The van der Waals surface area contributed by atoms with E-state index in [1.807, 2.05) is 13.8 Å². The van der Waals surface area contributed by atoms with Crippen LogP contribution in [0.15, 0.2) is 18.2 Å². The first-order valence-electron chi connectivity index (χ1n) is 6.32. The van der Waals surface area contributed by atoms with Gasteiger partial charge in [0, 0.05) is 25.9 Å². The fourth-order valence-electron chi connectivity index (χ4n) is 1.82. The number of carbonyl (C=O) groups excluding carboxylic acids is 1. The van der Waals surface area contributed by atoms with Gasteiger partial charge in [-0.3, -0.25) is 4.79 Å². The van der Waals surface area contributed by atoms with Crippen LogP contribution in [0.3, 0.4) is 0 Å². The first-order chi connectivity index (χ1) is 8.95. The summed E-state index contributed by atoms with van der Waals surface area (Å²) in [6.45, 7) is 5.68. The summed E-state index contributed by atoms with van der Waals surface area (Å²) in [5.74, 6) is 0.201. The molecule has 0 bridgehead atoms. The number of methoxy groups -OCH3 is 1. The third kappa shape index (κ3) is 4.44. The summed E-state index contributed by atoms with van der Waals surface area (Å²) in [5.41, 5.74) is 6.50. The van der Waals surface area contributed by atoms with Gasteiger partial charge in [-0.05, 0) is 24.1 Å². The van der Waals surface area contributed by atoms with Gasteiger partial charge in [0.05, 0.1) is 12.2 Å². The Balaban J connectivity index is 2.93. The minimum absolute atomic E-state index is 0.0359. The highest BCUT2D eigenvalue weighted by molar-refractivity contribution is 5.99. The van der Waals surface area contributed by atoms with E-state index in [0.29, 0.717) is 36.9 Å². The van der Waals surface area contributed by atoms with E-state index in [2.05, 4.69) is 0 Å². The highest BCUT2D eigenvalue weighted by atomic mass is 16.5. The van der Waals surface area contributed by atoms with Crippen molar-refractivity contribution in [3.8, 4) is 5.75 Å². The molecule has 1 amide bonds. The van der Waals surface area contributed by atoms with Gasteiger partial charge < -0.3 is 20.5 Å². The Morgan fingerprint density at radius 2 is 2.16 bits per heavy atom. The lowest BCUT2D eigenvalue weighted by Crippen LogP contribution is -2.37. The van der Waals surface area contributed by atoms with E-state index < -0.39 is 0 Å². The first kappa shape index (κ1) is 15.3. The Labute approximate surface area is 114 Å². The fourth-order valence-corrected chi connectivity index (χ4v) is 1.82. The number of phenols is 1. The van der Waals surface area contributed by atoms with Gasteiger partial charge in [-0.25, -0.2) is 0 Å². The van der Waals surface area contributed by atoms with Crippen molar-refractivity contribution < 1.29 is 14.6 Å². The highest BCUT2D eigenvalue weighted by Crippen LogP contribution is 2.20. The summed E-state index contributed by atoms with van der Waals surface area (Å²) in [7, 11) is 1.60. The zero-order chi connectivity index (χ0) is 14.4. The molecule has 19 heavy (non-hydrogen) atoms. The van der Waals surface area contributed by atoms with Gasteiger partial charge >= 0.3 is 0 Å². The van der Waals surface area contributed by atoms with Crippen molar-refractivity contribution in [1.29, 1.82) is 0 Å². The summed E-state index contributed by atoms with van der Waals surface area (Å²) in [4.78, 5) is 14.1. The molecule has 0 aliphatic rings. The number of benzene rings is 1. The second kappa shape index (κ2) is 6.99. The van der Waals surface area contributed by atoms with Gasteiger partial charge in [-0.15, -0.1) is 0 Å². The number of hydrogen-bond acceptors (Lipinski definition) is 4. The number of nitrogens with zero attached hydrogens (tertiary/aromatic N) is 1. The van der Waals surface area contributed by atoms with Crippen molar-refractivity contribution in [1.82, 2.24) is 4.90 Å². The van der Waals surface area contributed by atoms with Crippen LogP contribution in [-0.2, 0) is 4.74 Å². The second-order valence-electron chi connectivity index (χ2n) is 4.91. The summed E-state index contributed by atoms with van der Waals surface area (Å²) >= 11 is 0. The largest absolute Gasteiger partial charge is 0.508 e. The highest BCUT2D eigenvalue weighted by Gasteiger charge is 2.19. The molecule has 0 saturated carbocycles. The molecule has 0 aliphatic carbocycles. The fraction of sp³-hybridized carbons (Fsp3) is 0.500. The van der Waals surface area contributed by atoms with Gasteiger partial charge in [0.1, 0.15) is 5.75 Å². The number of rotatable bonds is 6. The smallest absolute Gasteiger partial charge is 0.256 e. The summed E-state index contributed by atoms with van der Waals surface area (Å²) in [5, 5.41) is 9.48. The van der Waals surface area contributed by atoms with E-state index in [4.69, 9.17) is 10.5 Å². The van der Waals surface area contributed by atoms with Crippen LogP contribution in [0.2, 0.25) is 0 Å². The summed E-state index contributed by atoms with van der Waals surface area (Å²) < 4.78 is 5.02. The van der Waals surface area contributed by atoms with E-state index in [-0.39, 0.29) is 11.7 Å². The Hall–Kier alpha value is -1.75. The monoisotopic (exact) mass is 266 g/mol. The number of ether oxygens (including phenoxy) is 1. The molecule has 0 radical (unpaired) electrons. The molecule has 0 unspecified atom stereocenters. The van der Waals surface area contributed by atoms with Gasteiger partial charge in [0.2, 0.25) is 0 Å². The van der Waals surface area contributed by atoms with E-state index in [9.17, 15) is 9.90 Å². The van der Waals surface area contributed by atoms with Crippen LogP contribution in [0.5, 0.6) is 5.75 Å². The Bertz CT molecular complexity index is 433. The van der Waals surface area contributed by atoms with Crippen molar-refractivity contribution in [3.05, 3.63) is 23.8 Å². The standard InChI is InChI=1S/C14H22N2O3/c1-10(2)9-16(6-7-19-3)14(18)12-8-11(17)4-5-13(12)15/h4-5,8,10,17H,6-7,9,15H2,1-3H3. The van der Waals surface area contributed by atoms with Crippen LogP contribution in [0.25, 0.3) is 0 Å². The lowest BCUT2D eigenvalue weighted by Gasteiger charge is -2.25. The molecule has 0 saturated heterocycles. The van der Waals surface area contributed by atoms with Crippen LogP contribution in [-0.4, -0.2) is 42.7 Å². The van der Waals surface area contributed by atoms with Crippen molar-refractivity contribution in [2.75, 3.05) is 32.5 Å². The SMILES string of the molecule is COCCN(CC(C)C)C(=O)c1cc(O)ccc1N. The van der Waals surface area contributed by atoms with Crippen molar-refractivity contribution in [2.45, 2.75) is 13.8 Å². The van der Waals surface area contributed by atoms with E-state index in [1.54, 1.807) is 12.0 Å². The van der Waals surface area contributed by atoms with Crippen LogP contribution in [0.4, 0.5) is 5.69 Å². The number of aromatic hydroxyl groups is 1. The van der Waals surface area contributed by atoms with Crippen LogP contribution >= 0.6 is 0 Å². The zero-order valence-corrected chi connectivity index (χ0v) is 11.7. The normalized spacial score (nSPS) is 10.7. The number of nitrogens with two attached hydrogens (primary N) is 1. The maximum Gasteiger partial charge on any atom is 0.256 e. The van der Waals surface area contributed by atoms with Crippen molar-refractivity contribution >= 4 is 11.6 Å². The average Bonchev–Trinajstić information content (AvgIpc) is 2.36. The average molecular weight is 266 g/mol. The van der Waals surface area contributed by atoms with Crippen LogP contribution in [0.1, 0.15) is 24.2 Å². The molecule has 3 N–H and O–H groups in total. The molecule has 106 valence electrons. The van der Waals surface area contributed by atoms with E-state index >= 15 is 0 Å². The molecule has 0 heterocycles. The Morgan fingerprint density at radius 1 is 1.47 bits per heavy atom. The molecule has 1 aromatic rings. The third-order valence-electron chi connectivity index (χ3n) is 2.71. The van der Waals surface area contributed by atoms with Crippen molar-refractivity contribution in [3.63, 3.8) is 0 Å². The number of carbonyl (C=O) groups is 1. The molecule has 0 spiro atoms. The van der Waals surface area contributed by atoms with Crippen molar-refractivity contribution in [2.24, 2.45) is 5.92 Å². The number of nitrogen functional groups attached to an aromatic ring is 1. The molecule has 1 rings (SSSR count). The predicted molar refractivity (Wildman–Crippen MR) is 75.1 cm³/mol. The molecule has 5 nitrogen and oxygen atoms in total. The maximum absolute atomic E-state index is 12.4. The molecule has 0 atom stereocenters. The van der Waals surface area contributed by atoms with Gasteiger partial charge in [-0.2, -0.15) is 0 Å². The number of phenolic OH excluding ortho intramolecular Hbond substituents is 1. The number of amides is 1. The number of hydrogen-bond donors (Lipinski definition) is 2. The van der Waals surface area contributed by atoms with Crippen LogP contribution < -0.4 is 5.73 Å². The van der Waals surface area contributed by atoms with E-state index in [0.717, 1.165) is 0 Å². The Morgan fingerprint density at radius 3 is 2.74 bits per heavy atom. The minimum Gasteiger partial charge on any atom is -0.508 e. The second-order valence-corrected chi connectivity index (χ2v) is 4.91. The molecule has 5 heteroatoms. The maximum atomic E-state index is 12.4. The molecule has 0 aliphatic heterocycles. The zero-order valence-electron chi connectivity index (χ0n) is 11.7. The summed E-state index contributed by atoms with van der Waals surface area (Å²) in [6, 6.07) is 4.40. The lowest BCUT2D eigenvalue weighted by atomic mass is 10.1. The molecule has 1 aromatic carbocycles. The van der Waals surface area contributed by atoms with Crippen LogP contribution in [0, 0.1) is 5.92 Å². The topological polar surface area (TPSA) is 75.8 Å². The van der Waals surface area contributed by atoms with Gasteiger partial charge in [-0.1, -0.05) is 13.8 Å². The lowest BCUT2D eigenvalue weighted by molar-refractivity contribution is 0.0673. The summed E-state index contributed by atoms with van der Waals surface area (Å²) in [6.07, 6.45) is 0. The first-order valence-corrected chi connectivity index (χ1v) is 6.32. The van der Waals surface area contributed by atoms with Gasteiger partial charge in [0.25, 0.3) is 5.91 Å². The molecular weight excluding hydrogens is 244 g/mol. The Kier molecular flexibility index (Phi) is 5.63. The number of anilines is 1. The van der Waals surface area contributed by atoms with E-state index in [1.165, 1.54) is 18.2 Å². The quantitative estimate of drug-likeness (QED) is 0.607. The predicted octanol–water partition coefficient (Wildman–Crippen LogP) is 1.72. The minimum atomic E-state index is -0.181. The third-order valence-corrected chi connectivity index (χ3v) is 2.71.